The van der Waals surface area contributed by atoms with Gasteiger partial charge in [-0.3, -0.25) is 0 Å². The van der Waals surface area contributed by atoms with Gasteiger partial charge in [-0.05, 0) is 43.4 Å². The first-order chi connectivity index (χ1) is 11.8. The average Bonchev–Trinajstić information content (AvgIpc) is 3.00. The Morgan fingerprint density at radius 1 is 1.33 bits per heavy atom. The van der Waals surface area contributed by atoms with Crippen LogP contribution < -0.4 is 4.90 Å². The highest BCUT2D eigenvalue weighted by Crippen LogP contribution is 2.36. The van der Waals surface area contributed by atoms with Crippen LogP contribution in [0.1, 0.15) is 59.3 Å². The molecular weight excluding hydrogens is 306 g/mol. The Kier molecular flexibility index (Phi) is 3.96. The fourth-order valence-corrected chi connectivity index (χ4v) is 3.48. The Morgan fingerprint density at radius 2 is 2.21 bits per heavy atom. The van der Waals surface area contributed by atoms with Crippen molar-refractivity contribution in [2.24, 2.45) is 0 Å². The Hall–Kier alpha value is -2.37. The summed E-state index contributed by atoms with van der Waals surface area (Å²) < 4.78 is 10.8. The van der Waals surface area contributed by atoms with Gasteiger partial charge in [0.25, 0.3) is 0 Å². The molecule has 126 valence electrons. The number of esters is 1. The Labute approximate surface area is 140 Å². The highest BCUT2D eigenvalue weighted by atomic mass is 16.5. The van der Waals surface area contributed by atoms with Crippen LogP contribution in [0.4, 0.5) is 5.69 Å². The van der Waals surface area contributed by atoms with Crippen LogP contribution in [0.15, 0.2) is 22.6 Å². The summed E-state index contributed by atoms with van der Waals surface area (Å²) in [6, 6.07) is 5.77. The Morgan fingerprint density at radius 3 is 2.96 bits per heavy atom. The number of benzene rings is 1. The molecule has 1 aliphatic heterocycles. The van der Waals surface area contributed by atoms with E-state index in [0.29, 0.717) is 23.9 Å². The van der Waals surface area contributed by atoms with Gasteiger partial charge in [0.05, 0.1) is 19.2 Å². The van der Waals surface area contributed by atoms with Crippen molar-refractivity contribution in [3.8, 4) is 0 Å². The molecule has 2 aromatic rings. The molecule has 1 aromatic carbocycles. The third kappa shape index (κ3) is 2.66. The van der Waals surface area contributed by atoms with Crippen molar-refractivity contribution in [3.05, 3.63) is 41.1 Å². The number of aromatic nitrogens is 2. The molecule has 0 bridgehead atoms. The molecule has 2 aliphatic rings. The monoisotopic (exact) mass is 327 g/mol. The molecule has 2 heterocycles. The largest absolute Gasteiger partial charge is 0.465 e. The van der Waals surface area contributed by atoms with E-state index in [-0.39, 0.29) is 5.97 Å². The molecule has 0 atom stereocenters. The quantitative estimate of drug-likeness (QED) is 0.804. The summed E-state index contributed by atoms with van der Waals surface area (Å²) in [4.78, 5) is 14.2. The zero-order valence-electron chi connectivity index (χ0n) is 13.8. The van der Waals surface area contributed by atoms with E-state index in [9.17, 15) is 4.79 Å². The molecule has 0 spiro atoms. The lowest BCUT2D eigenvalue weighted by atomic mass is 9.85. The molecule has 1 aromatic heterocycles. The maximum Gasteiger partial charge on any atom is 0.338 e. The van der Waals surface area contributed by atoms with Crippen LogP contribution in [0.2, 0.25) is 0 Å². The molecule has 4 rings (SSSR count). The SMILES string of the molecule is COC(=O)c1cccc2c1CCCN2Cc1nnc(C2CCC2)o1. The number of hydrogen-bond acceptors (Lipinski definition) is 6. The van der Waals surface area contributed by atoms with Gasteiger partial charge in [0.15, 0.2) is 0 Å². The normalized spacial score (nSPS) is 17.3. The second-order valence-corrected chi connectivity index (χ2v) is 6.48. The minimum Gasteiger partial charge on any atom is -0.465 e. The van der Waals surface area contributed by atoms with Crippen molar-refractivity contribution in [1.82, 2.24) is 10.2 Å². The van der Waals surface area contributed by atoms with E-state index < -0.39 is 0 Å². The zero-order valence-corrected chi connectivity index (χ0v) is 13.8. The molecule has 6 nitrogen and oxygen atoms in total. The fraction of sp³-hybridized carbons (Fsp3) is 0.500. The van der Waals surface area contributed by atoms with Crippen LogP contribution in [0.5, 0.6) is 0 Å². The van der Waals surface area contributed by atoms with Gasteiger partial charge in [0, 0.05) is 18.2 Å². The number of carbonyl (C=O) groups excluding carboxylic acids is 1. The summed E-state index contributed by atoms with van der Waals surface area (Å²) in [5.74, 6) is 1.59. The van der Waals surface area contributed by atoms with E-state index in [1.165, 1.54) is 13.5 Å². The molecule has 1 aliphatic carbocycles. The maximum atomic E-state index is 12.0. The highest BCUT2D eigenvalue weighted by Gasteiger charge is 2.27. The van der Waals surface area contributed by atoms with Gasteiger partial charge in [-0.15, -0.1) is 10.2 Å². The van der Waals surface area contributed by atoms with E-state index in [1.807, 2.05) is 18.2 Å². The smallest absolute Gasteiger partial charge is 0.338 e. The number of methoxy groups -OCH3 is 1. The summed E-state index contributed by atoms with van der Waals surface area (Å²) >= 11 is 0. The minimum atomic E-state index is -0.279. The first-order valence-corrected chi connectivity index (χ1v) is 8.53. The molecule has 24 heavy (non-hydrogen) atoms. The van der Waals surface area contributed by atoms with Crippen molar-refractivity contribution in [2.45, 2.75) is 44.6 Å². The molecule has 1 saturated carbocycles. The van der Waals surface area contributed by atoms with Gasteiger partial charge in [0.2, 0.25) is 11.8 Å². The van der Waals surface area contributed by atoms with E-state index in [1.54, 1.807) is 0 Å². The Bertz CT molecular complexity index is 752. The summed E-state index contributed by atoms with van der Waals surface area (Å²) in [7, 11) is 1.42. The fourth-order valence-electron chi connectivity index (χ4n) is 3.48. The number of carbonyl (C=O) groups is 1. The van der Waals surface area contributed by atoms with Gasteiger partial charge in [0.1, 0.15) is 0 Å². The van der Waals surface area contributed by atoms with Gasteiger partial charge >= 0.3 is 5.97 Å². The predicted octanol–water partition coefficient (Wildman–Crippen LogP) is 3.08. The number of anilines is 1. The molecule has 6 heteroatoms. The first-order valence-electron chi connectivity index (χ1n) is 8.53. The van der Waals surface area contributed by atoms with Crippen LogP contribution in [0, 0.1) is 0 Å². The number of ether oxygens (including phenoxy) is 1. The van der Waals surface area contributed by atoms with E-state index in [0.717, 1.165) is 49.4 Å². The summed E-state index contributed by atoms with van der Waals surface area (Å²) in [5.41, 5.74) is 2.77. The second-order valence-electron chi connectivity index (χ2n) is 6.48. The number of nitrogens with zero attached hydrogens (tertiary/aromatic N) is 3. The van der Waals surface area contributed by atoms with Gasteiger partial charge in [-0.25, -0.2) is 4.79 Å². The maximum absolute atomic E-state index is 12.0. The molecule has 0 saturated heterocycles. The summed E-state index contributed by atoms with van der Waals surface area (Å²) in [6.07, 6.45) is 5.42. The molecule has 0 unspecified atom stereocenters. The Balaban J connectivity index is 1.57. The number of hydrogen-bond donors (Lipinski definition) is 0. The lowest BCUT2D eigenvalue weighted by Crippen LogP contribution is -2.30. The van der Waals surface area contributed by atoms with Crippen LogP contribution in [-0.2, 0) is 17.7 Å². The molecule has 0 amide bonds. The van der Waals surface area contributed by atoms with Crippen molar-refractivity contribution in [2.75, 3.05) is 18.6 Å². The lowest BCUT2D eigenvalue weighted by Gasteiger charge is -2.31. The van der Waals surface area contributed by atoms with E-state index in [2.05, 4.69) is 15.1 Å². The molecule has 0 N–H and O–H groups in total. The van der Waals surface area contributed by atoms with Crippen molar-refractivity contribution < 1.29 is 13.9 Å². The third-order valence-electron chi connectivity index (χ3n) is 5.02. The van der Waals surface area contributed by atoms with Gasteiger partial charge < -0.3 is 14.1 Å². The average molecular weight is 327 g/mol. The summed E-state index contributed by atoms with van der Waals surface area (Å²) in [5, 5.41) is 8.41. The van der Waals surface area contributed by atoms with Crippen molar-refractivity contribution >= 4 is 11.7 Å². The minimum absolute atomic E-state index is 0.279. The van der Waals surface area contributed by atoms with E-state index >= 15 is 0 Å². The molecule has 1 fully saturated rings. The van der Waals surface area contributed by atoms with Gasteiger partial charge in [-0.1, -0.05) is 12.5 Å². The number of fused-ring (bicyclic) bond motifs is 1. The third-order valence-corrected chi connectivity index (χ3v) is 5.02. The topological polar surface area (TPSA) is 68.5 Å². The zero-order chi connectivity index (χ0) is 16.5. The molecule has 0 radical (unpaired) electrons. The first kappa shape index (κ1) is 15.2. The van der Waals surface area contributed by atoms with Crippen molar-refractivity contribution in [1.29, 1.82) is 0 Å². The predicted molar refractivity (Wildman–Crippen MR) is 88.0 cm³/mol. The second kappa shape index (κ2) is 6.26. The number of rotatable bonds is 4. The standard InChI is InChI=1S/C18H21N3O3/c1-23-18(22)14-7-3-9-15-13(14)8-4-10-21(15)11-16-19-20-17(24-16)12-5-2-6-12/h3,7,9,12H,2,4-6,8,10-11H2,1H3. The van der Waals surface area contributed by atoms with Crippen LogP contribution >= 0.6 is 0 Å². The van der Waals surface area contributed by atoms with Crippen LogP contribution in [-0.4, -0.2) is 29.8 Å². The highest BCUT2D eigenvalue weighted by molar-refractivity contribution is 5.93. The lowest BCUT2D eigenvalue weighted by molar-refractivity contribution is 0.0599. The van der Waals surface area contributed by atoms with Crippen LogP contribution in [0.25, 0.3) is 0 Å². The summed E-state index contributed by atoms with van der Waals surface area (Å²) in [6.45, 7) is 1.50. The van der Waals surface area contributed by atoms with Crippen molar-refractivity contribution in [3.63, 3.8) is 0 Å². The van der Waals surface area contributed by atoms with Gasteiger partial charge in [-0.2, -0.15) is 0 Å². The van der Waals surface area contributed by atoms with Crippen LogP contribution in [0.3, 0.4) is 0 Å². The molecular formula is C18H21N3O3. The van der Waals surface area contributed by atoms with E-state index in [4.69, 9.17) is 9.15 Å².